The van der Waals surface area contributed by atoms with Crippen molar-refractivity contribution in [3.05, 3.63) is 12.7 Å². The third-order valence-corrected chi connectivity index (χ3v) is 2.96. The summed E-state index contributed by atoms with van der Waals surface area (Å²) in [4.78, 5) is 5.22. The molecule has 0 heterocycles. The van der Waals surface area contributed by atoms with Crippen LogP contribution in [0.1, 0.15) is 51.9 Å². The molecule has 1 fully saturated rings. The van der Waals surface area contributed by atoms with E-state index in [-0.39, 0.29) is 0 Å². The van der Waals surface area contributed by atoms with E-state index in [0.717, 1.165) is 12.8 Å². The minimum absolute atomic E-state index is 0.528. The van der Waals surface area contributed by atoms with Crippen LogP contribution < -0.4 is 0 Å². The first kappa shape index (κ1) is 12.3. The van der Waals surface area contributed by atoms with E-state index in [2.05, 4.69) is 18.7 Å². The second kappa shape index (κ2) is 7.49. The predicted molar refractivity (Wildman–Crippen MR) is 65.1 cm³/mol. The minimum atomic E-state index is 0.528. The summed E-state index contributed by atoms with van der Waals surface area (Å²) in [5.41, 5.74) is 1.28. The molecule has 0 aromatic carbocycles. The fraction of sp³-hybridized carbons (Fsp3) is 0.769. The predicted octanol–water partition coefficient (Wildman–Crippen LogP) is 3.93. The Bertz CT molecular complexity index is 205. The van der Waals surface area contributed by atoms with E-state index in [0.29, 0.717) is 12.5 Å². The molecule has 1 rings (SSSR count). The van der Waals surface area contributed by atoms with Gasteiger partial charge in [-0.25, -0.2) is 0 Å². The van der Waals surface area contributed by atoms with E-state index in [1.54, 1.807) is 6.08 Å². The number of oxime groups is 1. The molecule has 0 unspecified atom stereocenters. The maximum Gasteiger partial charge on any atom is 0.135 e. The summed E-state index contributed by atoms with van der Waals surface area (Å²) in [5, 5.41) is 4.27. The fourth-order valence-corrected chi connectivity index (χ4v) is 2.19. The summed E-state index contributed by atoms with van der Waals surface area (Å²) in [7, 11) is 0. The van der Waals surface area contributed by atoms with Gasteiger partial charge in [-0.3, -0.25) is 0 Å². The van der Waals surface area contributed by atoms with Gasteiger partial charge in [0.2, 0.25) is 0 Å². The number of rotatable bonds is 6. The minimum Gasteiger partial charge on any atom is -0.392 e. The zero-order chi connectivity index (χ0) is 10.9. The van der Waals surface area contributed by atoms with E-state index in [9.17, 15) is 0 Å². The molecule has 0 aromatic heterocycles. The molecule has 0 N–H and O–H groups in total. The smallest absolute Gasteiger partial charge is 0.135 e. The van der Waals surface area contributed by atoms with Gasteiger partial charge in [-0.05, 0) is 19.3 Å². The van der Waals surface area contributed by atoms with Gasteiger partial charge in [0.25, 0.3) is 0 Å². The first-order chi connectivity index (χ1) is 7.38. The third kappa shape index (κ3) is 4.50. The van der Waals surface area contributed by atoms with Gasteiger partial charge in [-0.2, -0.15) is 0 Å². The van der Waals surface area contributed by atoms with E-state index < -0.39 is 0 Å². The van der Waals surface area contributed by atoms with Crippen molar-refractivity contribution in [1.82, 2.24) is 0 Å². The molecule has 0 saturated heterocycles. The van der Waals surface area contributed by atoms with Crippen LogP contribution in [0.4, 0.5) is 0 Å². The lowest BCUT2D eigenvalue weighted by Gasteiger charge is -2.22. The highest BCUT2D eigenvalue weighted by molar-refractivity contribution is 5.86. The highest BCUT2D eigenvalue weighted by Gasteiger charge is 2.19. The van der Waals surface area contributed by atoms with Gasteiger partial charge in [-0.1, -0.05) is 50.4 Å². The first-order valence-electron chi connectivity index (χ1n) is 6.18. The van der Waals surface area contributed by atoms with Gasteiger partial charge in [0.05, 0.1) is 5.71 Å². The van der Waals surface area contributed by atoms with Crippen molar-refractivity contribution in [2.24, 2.45) is 11.1 Å². The summed E-state index contributed by atoms with van der Waals surface area (Å²) in [6.45, 7) is 6.35. The standard InChI is InChI=1S/C13H23NO/c1-3-8-13(14-15-11-4-2)12-9-6-5-7-10-12/h4,12H,2-3,5-11H2,1H3/b14-13+. The largest absolute Gasteiger partial charge is 0.392 e. The van der Waals surface area contributed by atoms with Crippen LogP contribution >= 0.6 is 0 Å². The van der Waals surface area contributed by atoms with Gasteiger partial charge in [0.15, 0.2) is 0 Å². The van der Waals surface area contributed by atoms with Crippen LogP contribution in [-0.2, 0) is 4.84 Å². The van der Waals surface area contributed by atoms with Crippen molar-refractivity contribution in [1.29, 1.82) is 0 Å². The molecule has 15 heavy (non-hydrogen) atoms. The lowest BCUT2D eigenvalue weighted by molar-refractivity contribution is 0.171. The Kier molecular flexibility index (Phi) is 6.14. The normalized spacial score (nSPS) is 18.9. The van der Waals surface area contributed by atoms with E-state index in [1.807, 2.05) is 0 Å². The summed E-state index contributed by atoms with van der Waals surface area (Å²) >= 11 is 0. The van der Waals surface area contributed by atoms with E-state index in [4.69, 9.17) is 4.84 Å². The van der Waals surface area contributed by atoms with Crippen molar-refractivity contribution in [2.75, 3.05) is 6.61 Å². The molecule has 1 saturated carbocycles. The highest BCUT2D eigenvalue weighted by Crippen LogP contribution is 2.26. The molecule has 0 spiro atoms. The molecular formula is C13H23NO. The Balaban J connectivity index is 2.46. The molecule has 2 nitrogen and oxygen atoms in total. The first-order valence-corrected chi connectivity index (χ1v) is 6.18. The lowest BCUT2D eigenvalue weighted by Crippen LogP contribution is -2.18. The fourth-order valence-electron chi connectivity index (χ4n) is 2.19. The Labute approximate surface area is 93.4 Å². The average Bonchev–Trinajstić information content (AvgIpc) is 2.29. The van der Waals surface area contributed by atoms with E-state index in [1.165, 1.54) is 37.8 Å². The molecule has 1 aliphatic rings. The molecule has 0 bridgehead atoms. The maximum atomic E-state index is 5.22. The van der Waals surface area contributed by atoms with Gasteiger partial charge in [-0.15, -0.1) is 0 Å². The second-order valence-corrected chi connectivity index (χ2v) is 4.25. The van der Waals surface area contributed by atoms with Crippen LogP contribution in [0.25, 0.3) is 0 Å². The monoisotopic (exact) mass is 209 g/mol. The zero-order valence-electron chi connectivity index (χ0n) is 9.87. The molecule has 0 aromatic rings. The van der Waals surface area contributed by atoms with Crippen LogP contribution in [0.2, 0.25) is 0 Å². The van der Waals surface area contributed by atoms with Crippen LogP contribution in [0.3, 0.4) is 0 Å². The Morgan fingerprint density at radius 3 is 2.73 bits per heavy atom. The molecule has 0 atom stereocenters. The number of nitrogens with zero attached hydrogens (tertiary/aromatic N) is 1. The van der Waals surface area contributed by atoms with Crippen molar-refractivity contribution in [3.63, 3.8) is 0 Å². The molecule has 0 amide bonds. The summed E-state index contributed by atoms with van der Waals surface area (Å²) in [6.07, 6.45) is 10.7. The SMILES string of the molecule is C=CCO/N=C(\CCC)C1CCCCC1. The molecule has 0 aliphatic heterocycles. The van der Waals surface area contributed by atoms with Crippen molar-refractivity contribution < 1.29 is 4.84 Å². The Morgan fingerprint density at radius 1 is 1.40 bits per heavy atom. The summed E-state index contributed by atoms with van der Waals surface area (Å²) in [5.74, 6) is 0.684. The topological polar surface area (TPSA) is 21.6 Å². The van der Waals surface area contributed by atoms with Crippen molar-refractivity contribution in [3.8, 4) is 0 Å². The van der Waals surface area contributed by atoms with Gasteiger partial charge in [0, 0.05) is 5.92 Å². The van der Waals surface area contributed by atoms with Crippen LogP contribution in [0.15, 0.2) is 17.8 Å². The van der Waals surface area contributed by atoms with Crippen LogP contribution in [-0.4, -0.2) is 12.3 Å². The van der Waals surface area contributed by atoms with Crippen LogP contribution in [0.5, 0.6) is 0 Å². The Hall–Kier alpha value is -0.790. The molecule has 86 valence electrons. The molecule has 0 radical (unpaired) electrons. The lowest BCUT2D eigenvalue weighted by atomic mass is 9.84. The summed E-state index contributed by atoms with van der Waals surface area (Å²) in [6, 6.07) is 0. The number of hydrogen-bond donors (Lipinski definition) is 0. The zero-order valence-corrected chi connectivity index (χ0v) is 9.87. The average molecular weight is 209 g/mol. The summed E-state index contributed by atoms with van der Waals surface area (Å²) < 4.78 is 0. The third-order valence-electron chi connectivity index (χ3n) is 2.96. The van der Waals surface area contributed by atoms with Gasteiger partial charge in [0.1, 0.15) is 6.61 Å². The maximum absolute atomic E-state index is 5.22. The quantitative estimate of drug-likeness (QED) is 0.281. The van der Waals surface area contributed by atoms with Crippen LogP contribution in [0, 0.1) is 5.92 Å². The van der Waals surface area contributed by atoms with E-state index >= 15 is 0 Å². The highest BCUT2D eigenvalue weighted by atomic mass is 16.6. The van der Waals surface area contributed by atoms with Crippen molar-refractivity contribution in [2.45, 2.75) is 51.9 Å². The molecule has 2 heteroatoms. The number of hydrogen-bond acceptors (Lipinski definition) is 2. The Morgan fingerprint density at radius 2 is 2.13 bits per heavy atom. The van der Waals surface area contributed by atoms with Gasteiger partial charge < -0.3 is 4.84 Å². The molecule has 1 aliphatic carbocycles. The second-order valence-electron chi connectivity index (χ2n) is 4.25. The molecular weight excluding hydrogens is 186 g/mol. The van der Waals surface area contributed by atoms with Gasteiger partial charge >= 0.3 is 0 Å². The van der Waals surface area contributed by atoms with Crippen molar-refractivity contribution >= 4 is 5.71 Å².